The van der Waals surface area contributed by atoms with Crippen molar-refractivity contribution in [1.82, 2.24) is 5.32 Å². The van der Waals surface area contributed by atoms with Gasteiger partial charge in [0.15, 0.2) is 0 Å². The molecule has 0 radical (unpaired) electrons. The summed E-state index contributed by atoms with van der Waals surface area (Å²) in [5, 5.41) is 16.3. The molecule has 2 rings (SSSR count). The van der Waals surface area contributed by atoms with Crippen molar-refractivity contribution < 1.29 is 14.6 Å². The quantitative estimate of drug-likeness (QED) is 0.827. The summed E-state index contributed by atoms with van der Waals surface area (Å²) in [6, 6.07) is 9.55. The van der Waals surface area contributed by atoms with Gasteiger partial charge in [-0.05, 0) is 47.0 Å². The first-order valence-corrected chi connectivity index (χ1v) is 7.76. The van der Waals surface area contributed by atoms with E-state index in [9.17, 15) is 9.90 Å². The fourth-order valence-electron chi connectivity index (χ4n) is 1.85. The Morgan fingerprint density at radius 2 is 2.29 bits per heavy atom. The lowest BCUT2D eigenvalue weighted by atomic mass is 10.2. The SMILES string of the molecule is Cc1cccc(OCCC(=O)NCC(O)c2ccsc2)c1. The molecule has 0 aliphatic carbocycles. The highest BCUT2D eigenvalue weighted by molar-refractivity contribution is 7.07. The minimum atomic E-state index is -0.655. The molecule has 1 atom stereocenters. The molecule has 5 heteroatoms. The molecule has 0 fully saturated rings. The molecular formula is C16H19NO3S. The second-order valence-corrected chi connectivity index (χ2v) is 5.57. The lowest BCUT2D eigenvalue weighted by Crippen LogP contribution is -2.29. The minimum absolute atomic E-state index is 0.128. The van der Waals surface area contributed by atoms with Gasteiger partial charge >= 0.3 is 0 Å². The molecule has 2 N–H and O–H groups in total. The molecule has 4 nitrogen and oxygen atoms in total. The van der Waals surface area contributed by atoms with Gasteiger partial charge in [-0.2, -0.15) is 11.3 Å². The van der Waals surface area contributed by atoms with E-state index < -0.39 is 6.10 Å². The summed E-state index contributed by atoms with van der Waals surface area (Å²) in [5.41, 5.74) is 1.95. The number of carbonyl (C=O) groups is 1. The van der Waals surface area contributed by atoms with Gasteiger partial charge < -0.3 is 15.2 Å². The van der Waals surface area contributed by atoms with E-state index in [1.165, 1.54) is 11.3 Å². The number of aryl methyl sites for hydroxylation is 1. The Morgan fingerprint density at radius 1 is 1.43 bits per heavy atom. The zero-order chi connectivity index (χ0) is 15.1. The number of amides is 1. The van der Waals surface area contributed by atoms with Gasteiger partial charge in [0.25, 0.3) is 0 Å². The van der Waals surface area contributed by atoms with Crippen LogP contribution in [0.3, 0.4) is 0 Å². The largest absolute Gasteiger partial charge is 0.493 e. The van der Waals surface area contributed by atoms with Crippen molar-refractivity contribution in [2.24, 2.45) is 0 Å². The summed E-state index contributed by atoms with van der Waals surface area (Å²) in [6.07, 6.45) is -0.387. The van der Waals surface area contributed by atoms with Crippen LogP contribution in [0.4, 0.5) is 0 Å². The van der Waals surface area contributed by atoms with Crippen LogP contribution in [-0.4, -0.2) is 24.2 Å². The molecule has 0 bridgehead atoms. The average Bonchev–Trinajstić information content (AvgIpc) is 2.99. The first-order chi connectivity index (χ1) is 10.1. The van der Waals surface area contributed by atoms with Crippen molar-refractivity contribution in [3.63, 3.8) is 0 Å². The molecule has 1 aromatic carbocycles. The maximum Gasteiger partial charge on any atom is 0.223 e. The summed E-state index contributed by atoms with van der Waals surface area (Å²) in [7, 11) is 0. The van der Waals surface area contributed by atoms with Crippen LogP contribution in [0.25, 0.3) is 0 Å². The highest BCUT2D eigenvalue weighted by atomic mass is 32.1. The predicted molar refractivity (Wildman–Crippen MR) is 83.6 cm³/mol. The molecule has 1 unspecified atom stereocenters. The van der Waals surface area contributed by atoms with E-state index in [0.717, 1.165) is 16.9 Å². The number of aliphatic hydroxyl groups excluding tert-OH is 1. The number of carbonyl (C=O) groups excluding carboxylic acids is 1. The fourth-order valence-corrected chi connectivity index (χ4v) is 2.56. The first kappa shape index (κ1) is 15.5. The highest BCUT2D eigenvalue weighted by Crippen LogP contribution is 2.15. The molecule has 0 aliphatic heterocycles. The maximum atomic E-state index is 11.7. The van der Waals surface area contributed by atoms with E-state index in [1.807, 2.05) is 48.0 Å². The van der Waals surface area contributed by atoms with Gasteiger partial charge in [-0.25, -0.2) is 0 Å². The Bertz CT molecular complexity index is 569. The molecule has 0 spiro atoms. The number of hydrogen-bond acceptors (Lipinski definition) is 4. The standard InChI is InChI=1S/C16H19NO3S/c1-12-3-2-4-14(9-12)20-7-5-16(19)17-10-15(18)13-6-8-21-11-13/h2-4,6,8-9,11,15,18H,5,7,10H2,1H3,(H,17,19). The van der Waals surface area contributed by atoms with Crippen molar-refractivity contribution in [2.45, 2.75) is 19.4 Å². The zero-order valence-electron chi connectivity index (χ0n) is 11.9. The van der Waals surface area contributed by atoms with Gasteiger partial charge in [0.1, 0.15) is 5.75 Å². The van der Waals surface area contributed by atoms with Gasteiger partial charge in [-0.1, -0.05) is 12.1 Å². The molecule has 1 aromatic heterocycles. The minimum Gasteiger partial charge on any atom is -0.493 e. The molecule has 112 valence electrons. The Kier molecular flexibility index (Phi) is 5.78. The summed E-state index contributed by atoms with van der Waals surface area (Å²) >= 11 is 1.52. The van der Waals surface area contributed by atoms with E-state index in [4.69, 9.17) is 4.74 Å². The average molecular weight is 305 g/mol. The van der Waals surface area contributed by atoms with E-state index in [-0.39, 0.29) is 18.9 Å². The molecule has 21 heavy (non-hydrogen) atoms. The normalized spacial score (nSPS) is 11.9. The van der Waals surface area contributed by atoms with Crippen LogP contribution in [0.15, 0.2) is 41.1 Å². The van der Waals surface area contributed by atoms with Crippen LogP contribution >= 0.6 is 11.3 Å². The maximum absolute atomic E-state index is 11.7. The van der Waals surface area contributed by atoms with Crippen LogP contribution in [-0.2, 0) is 4.79 Å². The Balaban J connectivity index is 1.66. The van der Waals surface area contributed by atoms with Crippen molar-refractivity contribution in [3.8, 4) is 5.75 Å². The Hall–Kier alpha value is -1.85. The van der Waals surface area contributed by atoms with E-state index in [1.54, 1.807) is 0 Å². The molecule has 1 heterocycles. The number of ether oxygens (including phenoxy) is 1. The van der Waals surface area contributed by atoms with Crippen molar-refractivity contribution in [1.29, 1.82) is 0 Å². The Labute approximate surface area is 128 Å². The number of thiophene rings is 1. The van der Waals surface area contributed by atoms with Crippen molar-refractivity contribution in [2.75, 3.05) is 13.2 Å². The lowest BCUT2D eigenvalue weighted by Gasteiger charge is -2.11. The monoisotopic (exact) mass is 305 g/mol. The predicted octanol–water partition coefficient (Wildman–Crippen LogP) is 2.68. The van der Waals surface area contributed by atoms with Gasteiger partial charge in [-0.15, -0.1) is 0 Å². The number of aliphatic hydroxyl groups is 1. The third kappa shape index (κ3) is 5.21. The van der Waals surface area contributed by atoms with Crippen LogP contribution < -0.4 is 10.1 Å². The molecule has 0 aliphatic rings. The third-order valence-electron chi connectivity index (χ3n) is 3.01. The van der Waals surface area contributed by atoms with Crippen molar-refractivity contribution >= 4 is 17.2 Å². The molecule has 1 amide bonds. The number of benzene rings is 1. The molecule has 0 saturated carbocycles. The number of hydrogen-bond donors (Lipinski definition) is 2. The zero-order valence-corrected chi connectivity index (χ0v) is 12.7. The molecular weight excluding hydrogens is 286 g/mol. The fraction of sp³-hybridized carbons (Fsp3) is 0.312. The first-order valence-electron chi connectivity index (χ1n) is 6.81. The van der Waals surface area contributed by atoms with E-state index in [2.05, 4.69) is 5.32 Å². The molecule has 0 saturated heterocycles. The second-order valence-electron chi connectivity index (χ2n) is 4.79. The summed E-state index contributed by atoms with van der Waals surface area (Å²) in [6.45, 7) is 2.54. The summed E-state index contributed by atoms with van der Waals surface area (Å²) in [4.78, 5) is 11.7. The van der Waals surface area contributed by atoms with E-state index in [0.29, 0.717) is 6.61 Å². The summed E-state index contributed by atoms with van der Waals surface area (Å²) in [5.74, 6) is 0.637. The van der Waals surface area contributed by atoms with Crippen LogP contribution in [0, 0.1) is 6.92 Å². The van der Waals surface area contributed by atoms with Crippen molar-refractivity contribution in [3.05, 3.63) is 52.2 Å². The number of rotatable bonds is 7. The smallest absolute Gasteiger partial charge is 0.223 e. The lowest BCUT2D eigenvalue weighted by molar-refractivity contribution is -0.122. The second kappa shape index (κ2) is 7.81. The number of nitrogens with one attached hydrogen (secondary N) is 1. The van der Waals surface area contributed by atoms with E-state index >= 15 is 0 Å². The van der Waals surface area contributed by atoms with Gasteiger partial charge in [-0.3, -0.25) is 4.79 Å². The van der Waals surface area contributed by atoms with Crippen LogP contribution in [0.2, 0.25) is 0 Å². The molecule has 2 aromatic rings. The third-order valence-corrected chi connectivity index (χ3v) is 3.71. The highest BCUT2D eigenvalue weighted by Gasteiger charge is 2.09. The van der Waals surface area contributed by atoms with Crippen LogP contribution in [0.1, 0.15) is 23.7 Å². The topological polar surface area (TPSA) is 58.6 Å². The van der Waals surface area contributed by atoms with Gasteiger partial charge in [0.2, 0.25) is 5.91 Å². The van der Waals surface area contributed by atoms with Gasteiger partial charge in [0.05, 0.1) is 19.1 Å². The van der Waals surface area contributed by atoms with Gasteiger partial charge in [0, 0.05) is 6.54 Å². The van der Waals surface area contributed by atoms with Crippen LogP contribution in [0.5, 0.6) is 5.75 Å². The Morgan fingerprint density at radius 3 is 3.00 bits per heavy atom. The summed E-state index contributed by atoms with van der Waals surface area (Å²) < 4.78 is 5.51.